The number of ether oxygens (including phenoxy) is 1. The van der Waals surface area contributed by atoms with E-state index < -0.39 is 6.10 Å². The first kappa shape index (κ1) is 12.2. The van der Waals surface area contributed by atoms with Crippen LogP contribution in [0.5, 0.6) is 0 Å². The SMILES string of the molecule is COC(C)(C)CCC(O)c1ccn(C)n1. The first-order valence-corrected chi connectivity index (χ1v) is 5.17. The molecule has 0 bridgehead atoms. The van der Waals surface area contributed by atoms with E-state index in [-0.39, 0.29) is 5.60 Å². The Hall–Kier alpha value is -0.870. The maximum atomic E-state index is 9.86. The minimum atomic E-state index is -0.499. The van der Waals surface area contributed by atoms with Crippen molar-refractivity contribution in [3.8, 4) is 0 Å². The molecule has 1 atom stereocenters. The Morgan fingerprint density at radius 1 is 1.60 bits per heavy atom. The first-order valence-electron chi connectivity index (χ1n) is 5.17. The number of methoxy groups -OCH3 is 1. The minimum Gasteiger partial charge on any atom is -0.387 e. The van der Waals surface area contributed by atoms with Gasteiger partial charge in [-0.3, -0.25) is 4.68 Å². The van der Waals surface area contributed by atoms with E-state index in [1.807, 2.05) is 33.2 Å². The summed E-state index contributed by atoms with van der Waals surface area (Å²) in [7, 11) is 3.53. The number of rotatable bonds is 5. The number of aliphatic hydroxyl groups excluding tert-OH is 1. The quantitative estimate of drug-likeness (QED) is 0.807. The summed E-state index contributed by atoms with van der Waals surface area (Å²) in [5.74, 6) is 0. The van der Waals surface area contributed by atoms with Gasteiger partial charge in [0.05, 0.1) is 17.4 Å². The molecule has 0 amide bonds. The number of aliphatic hydroxyl groups is 1. The normalized spacial score (nSPS) is 14.2. The number of nitrogens with zero attached hydrogens (tertiary/aromatic N) is 2. The average Bonchev–Trinajstić information content (AvgIpc) is 2.61. The summed E-state index contributed by atoms with van der Waals surface area (Å²) in [6.07, 6.45) is 2.81. The van der Waals surface area contributed by atoms with E-state index in [1.54, 1.807) is 11.8 Å². The summed E-state index contributed by atoms with van der Waals surface area (Å²) in [4.78, 5) is 0. The van der Waals surface area contributed by atoms with Gasteiger partial charge in [0.25, 0.3) is 0 Å². The lowest BCUT2D eigenvalue weighted by Gasteiger charge is -2.23. The van der Waals surface area contributed by atoms with Crippen molar-refractivity contribution in [2.24, 2.45) is 7.05 Å². The monoisotopic (exact) mass is 212 g/mol. The standard InChI is InChI=1S/C11H20N2O2/c1-11(2,15-4)7-5-10(14)9-6-8-13(3)12-9/h6,8,10,14H,5,7H2,1-4H3. The fourth-order valence-electron chi connectivity index (χ4n) is 1.35. The Morgan fingerprint density at radius 2 is 2.27 bits per heavy atom. The topological polar surface area (TPSA) is 47.3 Å². The van der Waals surface area contributed by atoms with E-state index in [9.17, 15) is 5.11 Å². The van der Waals surface area contributed by atoms with Crippen LogP contribution in [0.3, 0.4) is 0 Å². The van der Waals surface area contributed by atoms with Crippen LogP contribution in [0.2, 0.25) is 0 Å². The van der Waals surface area contributed by atoms with E-state index in [2.05, 4.69) is 5.10 Å². The van der Waals surface area contributed by atoms with Crippen molar-refractivity contribution in [2.45, 2.75) is 38.4 Å². The van der Waals surface area contributed by atoms with E-state index in [0.29, 0.717) is 6.42 Å². The first-order chi connectivity index (χ1) is 6.94. The lowest BCUT2D eigenvalue weighted by Crippen LogP contribution is -2.23. The van der Waals surface area contributed by atoms with E-state index in [4.69, 9.17) is 4.74 Å². The highest BCUT2D eigenvalue weighted by atomic mass is 16.5. The highest BCUT2D eigenvalue weighted by Crippen LogP contribution is 2.23. The van der Waals surface area contributed by atoms with Gasteiger partial charge in [-0.25, -0.2) is 0 Å². The number of aromatic nitrogens is 2. The molecule has 1 aromatic heterocycles. The number of aryl methyl sites for hydroxylation is 1. The van der Waals surface area contributed by atoms with Gasteiger partial charge in [-0.1, -0.05) is 0 Å². The molecule has 1 unspecified atom stereocenters. The summed E-state index contributed by atoms with van der Waals surface area (Å²) >= 11 is 0. The number of hydrogen-bond acceptors (Lipinski definition) is 3. The summed E-state index contributed by atoms with van der Waals surface area (Å²) in [6, 6.07) is 1.84. The highest BCUT2D eigenvalue weighted by molar-refractivity contribution is 5.02. The molecule has 4 heteroatoms. The van der Waals surface area contributed by atoms with Crippen LogP contribution in [0.15, 0.2) is 12.3 Å². The maximum Gasteiger partial charge on any atom is 0.0979 e. The van der Waals surface area contributed by atoms with Crippen LogP contribution in [0.1, 0.15) is 38.5 Å². The molecule has 0 aliphatic rings. The van der Waals surface area contributed by atoms with Crippen LogP contribution in [0, 0.1) is 0 Å². The third kappa shape index (κ3) is 3.64. The Balaban J connectivity index is 2.46. The second kappa shape index (κ2) is 4.77. The van der Waals surface area contributed by atoms with Crippen molar-refractivity contribution in [2.75, 3.05) is 7.11 Å². The largest absolute Gasteiger partial charge is 0.387 e. The molecule has 0 radical (unpaired) electrons. The Labute approximate surface area is 90.9 Å². The molecule has 0 aromatic carbocycles. The summed E-state index contributed by atoms with van der Waals surface area (Å²) < 4.78 is 6.99. The zero-order valence-corrected chi connectivity index (χ0v) is 9.90. The molecule has 4 nitrogen and oxygen atoms in total. The molecule has 1 N–H and O–H groups in total. The molecule has 0 aliphatic carbocycles. The smallest absolute Gasteiger partial charge is 0.0979 e. The second-order valence-corrected chi connectivity index (χ2v) is 4.43. The molecule has 1 aromatic rings. The fourth-order valence-corrected chi connectivity index (χ4v) is 1.35. The van der Waals surface area contributed by atoms with E-state index >= 15 is 0 Å². The Kier molecular flexibility index (Phi) is 3.88. The van der Waals surface area contributed by atoms with Crippen LogP contribution in [-0.4, -0.2) is 27.6 Å². The molecule has 1 rings (SSSR count). The van der Waals surface area contributed by atoms with Gasteiger partial charge in [-0.2, -0.15) is 5.10 Å². The van der Waals surface area contributed by atoms with Crippen molar-refractivity contribution in [1.29, 1.82) is 0 Å². The summed E-state index contributed by atoms with van der Waals surface area (Å²) in [6.45, 7) is 4.02. The molecule has 0 spiro atoms. The average molecular weight is 212 g/mol. The molecular formula is C11H20N2O2. The van der Waals surface area contributed by atoms with Crippen molar-refractivity contribution in [3.05, 3.63) is 18.0 Å². The fraction of sp³-hybridized carbons (Fsp3) is 0.727. The van der Waals surface area contributed by atoms with Gasteiger partial charge in [0.2, 0.25) is 0 Å². The molecule has 86 valence electrons. The lowest BCUT2D eigenvalue weighted by atomic mass is 9.99. The molecule has 0 saturated carbocycles. The van der Waals surface area contributed by atoms with Gasteiger partial charge in [-0.05, 0) is 32.8 Å². The zero-order chi connectivity index (χ0) is 11.5. The lowest BCUT2D eigenvalue weighted by molar-refractivity contribution is 0.00237. The molecule has 15 heavy (non-hydrogen) atoms. The van der Waals surface area contributed by atoms with Gasteiger partial charge in [0.15, 0.2) is 0 Å². The van der Waals surface area contributed by atoms with Crippen molar-refractivity contribution < 1.29 is 9.84 Å². The third-order valence-corrected chi connectivity index (χ3v) is 2.65. The number of hydrogen-bond donors (Lipinski definition) is 1. The van der Waals surface area contributed by atoms with Gasteiger partial charge >= 0.3 is 0 Å². The summed E-state index contributed by atoms with van der Waals surface area (Å²) in [5, 5.41) is 14.0. The van der Waals surface area contributed by atoms with E-state index in [0.717, 1.165) is 12.1 Å². The maximum absolute atomic E-state index is 9.86. The van der Waals surface area contributed by atoms with Crippen LogP contribution < -0.4 is 0 Å². The van der Waals surface area contributed by atoms with Gasteiger partial charge < -0.3 is 9.84 Å². The van der Waals surface area contributed by atoms with Gasteiger partial charge in [0.1, 0.15) is 0 Å². The minimum absolute atomic E-state index is 0.185. The zero-order valence-electron chi connectivity index (χ0n) is 9.90. The van der Waals surface area contributed by atoms with E-state index in [1.165, 1.54) is 0 Å². The summed E-state index contributed by atoms with van der Waals surface area (Å²) in [5.41, 5.74) is 0.542. The highest BCUT2D eigenvalue weighted by Gasteiger charge is 2.19. The Bertz CT molecular complexity index is 307. The van der Waals surface area contributed by atoms with Crippen LogP contribution in [0.4, 0.5) is 0 Å². The van der Waals surface area contributed by atoms with Crippen molar-refractivity contribution in [1.82, 2.24) is 9.78 Å². The Morgan fingerprint density at radius 3 is 2.73 bits per heavy atom. The predicted molar refractivity (Wildman–Crippen MR) is 58.5 cm³/mol. The molecule has 0 aliphatic heterocycles. The third-order valence-electron chi connectivity index (χ3n) is 2.65. The van der Waals surface area contributed by atoms with Crippen molar-refractivity contribution >= 4 is 0 Å². The van der Waals surface area contributed by atoms with Crippen LogP contribution in [0.25, 0.3) is 0 Å². The molecule has 1 heterocycles. The van der Waals surface area contributed by atoms with Crippen molar-refractivity contribution in [3.63, 3.8) is 0 Å². The second-order valence-electron chi connectivity index (χ2n) is 4.43. The van der Waals surface area contributed by atoms with Gasteiger partial charge in [0, 0.05) is 20.4 Å². The van der Waals surface area contributed by atoms with Crippen LogP contribution in [-0.2, 0) is 11.8 Å². The van der Waals surface area contributed by atoms with Gasteiger partial charge in [-0.15, -0.1) is 0 Å². The molecule has 0 fully saturated rings. The molecule has 0 saturated heterocycles. The molecular weight excluding hydrogens is 192 g/mol. The van der Waals surface area contributed by atoms with Crippen LogP contribution >= 0.6 is 0 Å². The predicted octanol–water partition coefficient (Wildman–Crippen LogP) is 1.66.